The minimum absolute atomic E-state index is 0.185. The quantitative estimate of drug-likeness (QED) is 0.829. The van der Waals surface area contributed by atoms with Gasteiger partial charge in [-0.25, -0.2) is 5.43 Å². The van der Waals surface area contributed by atoms with Gasteiger partial charge in [0.2, 0.25) is 0 Å². The van der Waals surface area contributed by atoms with E-state index < -0.39 is 0 Å². The summed E-state index contributed by atoms with van der Waals surface area (Å²) < 4.78 is 5.37. The van der Waals surface area contributed by atoms with Gasteiger partial charge in [0.05, 0.1) is 5.56 Å². The van der Waals surface area contributed by atoms with Crippen LogP contribution in [0, 0.1) is 25.2 Å². The molecule has 1 N–H and O–H groups in total. The Morgan fingerprint density at radius 2 is 1.90 bits per heavy atom. The van der Waals surface area contributed by atoms with Crippen molar-refractivity contribution < 1.29 is 9.21 Å². The van der Waals surface area contributed by atoms with Crippen LogP contribution in [-0.4, -0.2) is 11.6 Å². The van der Waals surface area contributed by atoms with Gasteiger partial charge < -0.3 is 4.42 Å². The molecule has 0 aliphatic heterocycles. The zero-order chi connectivity index (χ0) is 15.6. The number of aryl methyl sites for hydroxylation is 2. The van der Waals surface area contributed by atoms with Gasteiger partial charge in [0.25, 0.3) is 5.91 Å². The van der Waals surface area contributed by atoms with Gasteiger partial charge in [-0.05, 0) is 56.9 Å². The van der Waals surface area contributed by atoms with Crippen LogP contribution in [0.4, 0.5) is 0 Å². The van der Waals surface area contributed by atoms with Gasteiger partial charge in [-0.1, -0.05) is 20.8 Å². The summed E-state index contributed by atoms with van der Waals surface area (Å²) in [4.78, 5) is 12.1. The van der Waals surface area contributed by atoms with Crippen LogP contribution in [0.5, 0.6) is 0 Å². The van der Waals surface area contributed by atoms with Crippen molar-refractivity contribution in [2.45, 2.75) is 60.3 Å². The Bertz CT molecular complexity index is 540. The summed E-state index contributed by atoms with van der Waals surface area (Å²) in [5.41, 5.74) is 4.70. The topological polar surface area (TPSA) is 54.6 Å². The van der Waals surface area contributed by atoms with Crippen LogP contribution in [0.2, 0.25) is 0 Å². The number of hydrogen-bond acceptors (Lipinski definition) is 3. The lowest BCUT2D eigenvalue weighted by atomic mass is 9.72. The van der Waals surface area contributed by atoms with Gasteiger partial charge in [0, 0.05) is 5.71 Å². The van der Waals surface area contributed by atoms with E-state index in [9.17, 15) is 4.79 Å². The second kappa shape index (κ2) is 6.04. The molecule has 0 unspecified atom stereocenters. The minimum atomic E-state index is -0.185. The average Bonchev–Trinajstić information content (AvgIpc) is 2.74. The molecule has 1 saturated carbocycles. The molecule has 0 saturated heterocycles. The summed E-state index contributed by atoms with van der Waals surface area (Å²) in [6, 6.07) is 1.75. The van der Waals surface area contributed by atoms with E-state index in [4.69, 9.17) is 4.42 Å². The standard InChI is InChI=1S/C17H26N2O2/c1-11-10-15(12(2)21-11)16(20)19-18-14-8-6-13(7-9-14)17(3,4)5/h10,13H,6-9H2,1-5H3,(H,19,20). The van der Waals surface area contributed by atoms with Crippen molar-refractivity contribution in [3.63, 3.8) is 0 Å². The normalized spacial score (nSPS) is 19.5. The molecule has 1 aromatic heterocycles. The Morgan fingerprint density at radius 1 is 1.29 bits per heavy atom. The van der Waals surface area contributed by atoms with Crippen LogP contribution in [0.25, 0.3) is 0 Å². The maximum atomic E-state index is 12.1. The second-order valence-electron chi connectivity index (χ2n) is 7.09. The van der Waals surface area contributed by atoms with Crippen molar-refractivity contribution in [1.29, 1.82) is 0 Å². The molecule has 1 heterocycles. The summed E-state index contributed by atoms with van der Waals surface area (Å²) in [5, 5.41) is 4.30. The Labute approximate surface area is 127 Å². The van der Waals surface area contributed by atoms with Crippen LogP contribution in [0.1, 0.15) is 68.3 Å². The van der Waals surface area contributed by atoms with Gasteiger partial charge in [0.15, 0.2) is 0 Å². The van der Waals surface area contributed by atoms with Crippen LogP contribution in [-0.2, 0) is 0 Å². The predicted molar refractivity (Wildman–Crippen MR) is 84.5 cm³/mol. The van der Waals surface area contributed by atoms with Crippen LogP contribution >= 0.6 is 0 Å². The summed E-state index contributed by atoms with van der Waals surface area (Å²) in [7, 11) is 0. The molecule has 1 aromatic rings. The van der Waals surface area contributed by atoms with Crippen molar-refractivity contribution in [2.75, 3.05) is 0 Å². The Kier molecular flexibility index (Phi) is 4.55. The fourth-order valence-corrected chi connectivity index (χ4v) is 2.98. The summed E-state index contributed by atoms with van der Waals surface area (Å²) in [6.45, 7) is 10.5. The van der Waals surface area contributed by atoms with Crippen molar-refractivity contribution in [2.24, 2.45) is 16.4 Å². The van der Waals surface area contributed by atoms with E-state index in [-0.39, 0.29) is 5.91 Å². The lowest BCUT2D eigenvalue weighted by molar-refractivity contribution is 0.0952. The van der Waals surface area contributed by atoms with E-state index in [1.54, 1.807) is 13.0 Å². The summed E-state index contributed by atoms with van der Waals surface area (Å²) in [6.07, 6.45) is 4.27. The summed E-state index contributed by atoms with van der Waals surface area (Å²) in [5.74, 6) is 1.94. The third-order valence-corrected chi connectivity index (χ3v) is 4.39. The van der Waals surface area contributed by atoms with Crippen LogP contribution < -0.4 is 5.43 Å². The Balaban J connectivity index is 1.91. The molecule has 1 aliphatic carbocycles. The second-order valence-corrected chi connectivity index (χ2v) is 7.09. The first kappa shape index (κ1) is 15.8. The van der Waals surface area contributed by atoms with Gasteiger partial charge in [0.1, 0.15) is 11.5 Å². The molecule has 2 rings (SSSR count). The largest absolute Gasteiger partial charge is 0.466 e. The molecule has 0 bridgehead atoms. The van der Waals surface area contributed by atoms with E-state index >= 15 is 0 Å². The van der Waals surface area contributed by atoms with E-state index in [0.29, 0.717) is 16.7 Å². The smallest absolute Gasteiger partial charge is 0.274 e. The maximum Gasteiger partial charge on any atom is 0.274 e. The number of furan rings is 1. The van der Waals surface area contributed by atoms with Crippen molar-refractivity contribution >= 4 is 11.6 Å². The molecule has 4 heteroatoms. The minimum Gasteiger partial charge on any atom is -0.466 e. The van der Waals surface area contributed by atoms with E-state index in [0.717, 1.165) is 43.1 Å². The van der Waals surface area contributed by atoms with Gasteiger partial charge in [-0.15, -0.1) is 0 Å². The molecule has 0 aromatic carbocycles. The first-order valence-electron chi connectivity index (χ1n) is 7.70. The molecule has 116 valence electrons. The number of carbonyl (C=O) groups excluding carboxylic acids is 1. The number of hydrazone groups is 1. The lowest BCUT2D eigenvalue weighted by Gasteiger charge is -2.34. The zero-order valence-electron chi connectivity index (χ0n) is 13.7. The van der Waals surface area contributed by atoms with E-state index in [1.807, 2.05) is 6.92 Å². The molecule has 0 spiro atoms. The first-order chi connectivity index (χ1) is 9.77. The molecule has 1 fully saturated rings. The van der Waals surface area contributed by atoms with Crippen molar-refractivity contribution in [3.05, 3.63) is 23.2 Å². The Morgan fingerprint density at radius 3 is 2.38 bits per heavy atom. The monoisotopic (exact) mass is 290 g/mol. The highest BCUT2D eigenvalue weighted by Gasteiger charge is 2.28. The summed E-state index contributed by atoms with van der Waals surface area (Å²) >= 11 is 0. The van der Waals surface area contributed by atoms with Crippen molar-refractivity contribution in [3.8, 4) is 0 Å². The molecule has 1 amide bonds. The zero-order valence-corrected chi connectivity index (χ0v) is 13.7. The third kappa shape index (κ3) is 3.96. The number of nitrogens with one attached hydrogen (secondary N) is 1. The number of hydrogen-bond donors (Lipinski definition) is 1. The van der Waals surface area contributed by atoms with Gasteiger partial charge >= 0.3 is 0 Å². The van der Waals surface area contributed by atoms with E-state index in [1.165, 1.54) is 0 Å². The molecule has 0 atom stereocenters. The Hall–Kier alpha value is -1.58. The molecule has 1 aliphatic rings. The number of nitrogens with zero attached hydrogens (tertiary/aromatic N) is 1. The van der Waals surface area contributed by atoms with Crippen LogP contribution in [0.3, 0.4) is 0 Å². The average molecular weight is 290 g/mol. The molecule has 4 nitrogen and oxygen atoms in total. The highest BCUT2D eigenvalue weighted by Crippen LogP contribution is 2.36. The highest BCUT2D eigenvalue weighted by atomic mass is 16.3. The maximum absolute atomic E-state index is 12.1. The molecular formula is C17H26N2O2. The predicted octanol–water partition coefficient (Wildman–Crippen LogP) is 4.22. The van der Waals surface area contributed by atoms with Gasteiger partial charge in [-0.2, -0.15) is 5.10 Å². The third-order valence-electron chi connectivity index (χ3n) is 4.39. The SMILES string of the molecule is Cc1cc(C(=O)NN=C2CCC(C(C)(C)C)CC2)c(C)o1. The fourth-order valence-electron chi connectivity index (χ4n) is 2.98. The first-order valence-corrected chi connectivity index (χ1v) is 7.70. The lowest BCUT2D eigenvalue weighted by Crippen LogP contribution is -2.27. The van der Waals surface area contributed by atoms with E-state index in [2.05, 4.69) is 31.3 Å². The number of amides is 1. The number of rotatable bonds is 2. The van der Waals surface area contributed by atoms with Gasteiger partial charge in [-0.3, -0.25) is 4.79 Å². The number of carbonyl (C=O) groups is 1. The molecule has 0 radical (unpaired) electrons. The molecular weight excluding hydrogens is 264 g/mol. The molecule has 21 heavy (non-hydrogen) atoms. The highest BCUT2D eigenvalue weighted by molar-refractivity contribution is 5.96. The van der Waals surface area contributed by atoms with Crippen molar-refractivity contribution in [1.82, 2.24) is 5.43 Å². The van der Waals surface area contributed by atoms with Crippen LogP contribution in [0.15, 0.2) is 15.6 Å². The fraction of sp³-hybridized carbons (Fsp3) is 0.647.